The number of ether oxygens (including phenoxy) is 1. The average molecular weight is 457 g/mol. The maximum absolute atomic E-state index is 12.1. The van der Waals surface area contributed by atoms with E-state index in [4.69, 9.17) is 9.84 Å². The molecule has 0 aromatic heterocycles. The quantitative estimate of drug-likeness (QED) is 0.523. The van der Waals surface area contributed by atoms with E-state index in [1.54, 1.807) is 20.8 Å². The highest BCUT2D eigenvalue weighted by Crippen LogP contribution is 2.28. The first-order valence-electron chi connectivity index (χ1n) is 10.9. The van der Waals surface area contributed by atoms with Crippen molar-refractivity contribution >= 4 is 18.0 Å². The molecule has 1 amide bonds. The number of nitrogens with one attached hydrogen (secondary N) is 2. The molecule has 33 heavy (non-hydrogen) atoms. The molecule has 0 radical (unpaired) electrons. The van der Waals surface area contributed by atoms with E-state index in [2.05, 4.69) is 10.6 Å². The molecular formula is C25H32N2O6. The Labute approximate surface area is 194 Å². The number of carboxylic acid groups (broad SMARTS) is 2. The number of aliphatic carboxylic acids is 2. The highest BCUT2D eigenvalue weighted by Gasteiger charge is 2.33. The summed E-state index contributed by atoms with van der Waals surface area (Å²) in [6.07, 6.45) is 1.03. The van der Waals surface area contributed by atoms with E-state index in [9.17, 15) is 19.5 Å². The zero-order valence-electron chi connectivity index (χ0n) is 19.2. The van der Waals surface area contributed by atoms with E-state index in [0.29, 0.717) is 0 Å². The van der Waals surface area contributed by atoms with Crippen molar-refractivity contribution in [3.8, 4) is 0 Å². The number of rotatable bonds is 6. The number of alkyl carbamates (subject to hydrolysis) is 1. The SMILES string of the molecule is CC(C)(C)OC(=O)N[C@@H](C(=O)O)C(c1ccccc1)c1ccccc1.O=C(O)[C@@H]1CCCN1. The van der Waals surface area contributed by atoms with Crippen molar-refractivity contribution in [1.29, 1.82) is 0 Å². The van der Waals surface area contributed by atoms with Crippen LogP contribution >= 0.6 is 0 Å². The Kier molecular flexibility index (Phi) is 9.42. The second kappa shape index (κ2) is 12.0. The fourth-order valence-electron chi connectivity index (χ4n) is 3.52. The molecule has 8 nitrogen and oxygen atoms in total. The predicted octanol–water partition coefficient (Wildman–Crippen LogP) is 3.62. The van der Waals surface area contributed by atoms with Crippen LogP contribution in [0.5, 0.6) is 0 Å². The van der Waals surface area contributed by atoms with E-state index in [1.165, 1.54) is 0 Å². The molecule has 0 bridgehead atoms. The molecule has 0 spiro atoms. The fourth-order valence-corrected chi connectivity index (χ4v) is 3.52. The summed E-state index contributed by atoms with van der Waals surface area (Å²) in [6, 6.07) is 17.1. The summed E-state index contributed by atoms with van der Waals surface area (Å²) in [7, 11) is 0. The van der Waals surface area contributed by atoms with Crippen LogP contribution in [-0.4, -0.2) is 52.5 Å². The van der Waals surface area contributed by atoms with Crippen LogP contribution in [0.4, 0.5) is 4.79 Å². The molecule has 3 rings (SSSR count). The van der Waals surface area contributed by atoms with Gasteiger partial charge < -0.3 is 25.6 Å². The number of carbonyl (C=O) groups excluding carboxylic acids is 1. The minimum Gasteiger partial charge on any atom is -0.480 e. The van der Waals surface area contributed by atoms with Gasteiger partial charge in [-0.2, -0.15) is 0 Å². The lowest BCUT2D eigenvalue weighted by molar-refractivity contribution is -0.140. The molecule has 1 fully saturated rings. The van der Waals surface area contributed by atoms with Crippen LogP contribution in [0.15, 0.2) is 60.7 Å². The minimum atomic E-state index is -1.15. The van der Waals surface area contributed by atoms with Gasteiger partial charge in [-0.25, -0.2) is 9.59 Å². The molecule has 178 valence electrons. The molecule has 4 N–H and O–H groups in total. The van der Waals surface area contributed by atoms with Crippen molar-refractivity contribution in [2.24, 2.45) is 0 Å². The van der Waals surface area contributed by atoms with Crippen molar-refractivity contribution in [3.63, 3.8) is 0 Å². The maximum atomic E-state index is 12.1. The predicted molar refractivity (Wildman–Crippen MR) is 124 cm³/mol. The van der Waals surface area contributed by atoms with E-state index in [0.717, 1.165) is 30.5 Å². The number of carboxylic acids is 2. The Morgan fingerprint density at radius 3 is 1.82 bits per heavy atom. The lowest BCUT2D eigenvalue weighted by atomic mass is 9.85. The summed E-state index contributed by atoms with van der Waals surface area (Å²) in [5.41, 5.74) is 0.900. The highest BCUT2D eigenvalue weighted by molar-refractivity contribution is 5.82. The number of hydrogen-bond acceptors (Lipinski definition) is 5. The summed E-state index contributed by atoms with van der Waals surface area (Å²) < 4.78 is 5.23. The van der Waals surface area contributed by atoms with Gasteiger partial charge in [-0.3, -0.25) is 4.79 Å². The van der Waals surface area contributed by atoms with Crippen molar-refractivity contribution in [3.05, 3.63) is 71.8 Å². The van der Waals surface area contributed by atoms with Crippen molar-refractivity contribution < 1.29 is 29.3 Å². The zero-order valence-corrected chi connectivity index (χ0v) is 19.2. The Balaban J connectivity index is 0.000000405. The number of amides is 1. The topological polar surface area (TPSA) is 125 Å². The highest BCUT2D eigenvalue weighted by atomic mass is 16.6. The van der Waals surface area contributed by atoms with Gasteiger partial charge in [0, 0.05) is 5.92 Å². The molecule has 1 heterocycles. The standard InChI is InChI=1S/C20H23NO4.C5H9NO2/c1-20(2,3)25-19(24)21-17(18(22)23)16(14-10-6-4-7-11-14)15-12-8-5-9-13-15;7-5(8)4-2-1-3-6-4/h4-13,16-17H,1-3H3,(H,21,24)(H,22,23);4,6H,1-3H2,(H,7,8)/t17-;4-/m10/s1. The fraction of sp³-hybridized carbons (Fsp3) is 0.400. The molecule has 2 aromatic rings. The van der Waals surface area contributed by atoms with Gasteiger partial charge in [0.1, 0.15) is 17.7 Å². The van der Waals surface area contributed by atoms with Gasteiger partial charge in [-0.1, -0.05) is 60.7 Å². The first-order valence-corrected chi connectivity index (χ1v) is 10.9. The first kappa shape index (κ1) is 25.9. The Bertz CT molecular complexity index is 866. The molecule has 2 atom stereocenters. The number of carbonyl (C=O) groups is 3. The largest absolute Gasteiger partial charge is 0.480 e. The molecule has 8 heteroatoms. The van der Waals surface area contributed by atoms with Gasteiger partial charge in [-0.15, -0.1) is 0 Å². The Morgan fingerprint density at radius 2 is 1.48 bits per heavy atom. The minimum absolute atomic E-state index is 0.269. The van der Waals surface area contributed by atoms with E-state index in [-0.39, 0.29) is 6.04 Å². The zero-order chi connectivity index (χ0) is 24.4. The monoisotopic (exact) mass is 456 g/mol. The van der Waals surface area contributed by atoms with Gasteiger partial charge in [-0.05, 0) is 51.3 Å². The van der Waals surface area contributed by atoms with Gasteiger partial charge in [0.05, 0.1) is 0 Å². The molecule has 0 saturated carbocycles. The lowest BCUT2D eigenvalue weighted by Gasteiger charge is -2.27. The smallest absolute Gasteiger partial charge is 0.408 e. The maximum Gasteiger partial charge on any atom is 0.408 e. The van der Waals surface area contributed by atoms with Crippen LogP contribution in [0.3, 0.4) is 0 Å². The van der Waals surface area contributed by atoms with Crippen LogP contribution in [0.25, 0.3) is 0 Å². The molecule has 2 aromatic carbocycles. The third-order valence-electron chi connectivity index (χ3n) is 4.95. The summed E-state index contributed by atoms with van der Waals surface area (Å²) in [4.78, 5) is 34.2. The van der Waals surface area contributed by atoms with Gasteiger partial charge in [0.15, 0.2) is 0 Å². The van der Waals surface area contributed by atoms with Crippen molar-refractivity contribution in [1.82, 2.24) is 10.6 Å². The number of hydrogen-bond donors (Lipinski definition) is 4. The summed E-state index contributed by atoms with van der Waals surface area (Å²) in [5.74, 6) is -2.38. The Morgan fingerprint density at radius 1 is 0.970 bits per heavy atom. The first-order chi connectivity index (χ1) is 15.6. The molecule has 0 unspecified atom stereocenters. The average Bonchev–Trinajstić information content (AvgIpc) is 3.29. The van der Waals surface area contributed by atoms with Crippen LogP contribution in [0, 0.1) is 0 Å². The Hall–Kier alpha value is -3.39. The van der Waals surface area contributed by atoms with E-state index in [1.807, 2.05) is 60.7 Å². The molecule has 0 aliphatic carbocycles. The normalized spacial score (nSPS) is 16.3. The van der Waals surface area contributed by atoms with Crippen LogP contribution in [0.2, 0.25) is 0 Å². The molecular weight excluding hydrogens is 424 g/mol. The van der Waals surface area contributed by atoms with Crippen molar-refractivity contribution in [2.45, 2.75) is 57.2 Å². The molecule has 1 saturated heterocycles. The van der Waals surface area contributed by atoms with Crippen LogP contribution in [0.1, 0.15) is 50.7 Å². The third-order valence-corrected chi connectivity index (χ3v) is 4.95. The molecule has 1 aliphatic rings. The lowest BCUT2D eigenvalue weighted by Crippen LogP contribution is -2.47. The second-order valence-electron chi connectivity index (χ2n) is 8.75. The van der Waals surface area contributed by atoms with E-state index < -0.39 is 35.6 Å². The molecule has 1 aliphatic heterocycles. The summed E-state index contributed by atoms with van der Waals surface area (Å²) in [5, 5.41) is 23.5. The van der Waals surface area contributed by atoms with E-state index >= 15 is 0 Å². The number of benzene rings is 2. The van der Waals surface area contributed by atoms with Crippen molar-refractivity contribution in [2.75, 3.05) is 6.54 Å². The van der Waals surface area contributed by atoms with Gasteiger partial charge in [0.2, 0.25) is 0 Å². The van der Waals surface area contributed by atoms with Gasteiger partial charge >= 0.3 is 18.0 Å². The van der Waals surface area contributed by atoms with Gasteiger partial charge in [0.25, 0.3) is 0 Å². The van der Waals surface area contributed by atoms with Crippen LogP contribution in [-0.2, 0) is 14.3 Å². The summed E-state index contributed by atoms with van der Waals surface area (Å²) in [6.45, 7) is 6.05. The third kappa shape index (κ3) is 8.57. The second-order valence-corrected chi connectivity index (χ2v) is 8.75. The van der Waals surface area contributed by atoms with Crippen LogP contribution < -0.4 is 10.6 Å². The summed E-state index contributed by atoms with van der Waals surface area (Å²) >= 11 is 0.